The number of unbranched alkanes of at least 4 members (excludes halogenated alkanes) is 1. The van der Waals surface area contributed by atoms with Crippen LogP contribution in [0.5, 0.6) is 5.75 Å². The van der Waals surface area contributed by atoms with E-state index < -0.39 is 17.9 Å². The number of carbonyl (C=O) groups is 3. The number of azide groups is 1. The van der Waals surface area contributed by atoms with Crippen molar-refractivity contribution in [2.45, 2.75) is 38.6 Å². The monoisotopic (exact) mass is 799 g/mol. The molecule has 0 aliphatic rings. The molecule has 16 heteroatoms. The Bertz CT molecular complexity index is 1920. The van der Waals surface area contributed by atoms with Crippen molar-refractivity contribution in [2.24, 2.45) is 5.11 Å². The lowest BCUT2D eigenvalue weighted by atomic mass is 9.95. The summed E-state index contributed by atoms with van der Waals surface area (Å²) in [6.07, 6.45) is 3.09. The van der Waals surface area contributed by atoms with Gasteiger partial charge in [0, 0.05) is 36.0 Å². The SMILES string of the molecule is Cc1ccnc(NCCCCC(=O)NCC(=O)N[C@@H](CC(=O)O)c2ccc(-c3ccc(OCCOCCOCCOCCOCCN=[N+]=[N-])c4ccccc34)cc2)c1. The van der Waals surface area contributed by atoms with Crippen LogP contribution >= 0.6 is 0 Å². The molecule has 1 atom stereocenters. The maximum Gasteiger partial charge on any atom is 0.305 e. The third-order valence-electron chi connectivity index (χ3n) is 8.72. The van der Waals surface area contributed by atoms with Crippen LogP contribution in [0.2, 0.25) is 0 Å². The van der Waals surface area contributed by atoms with Gasteiger partial charge in [-0.3, -0.25) is 14.4 Å². The Morgan fingerprint density at radius 3 is 2.16 bits per heavy atom. The number of nitrogens with zero attached hydrogens (tertiary/aromatic N) is 4. The van der Waals surface area contributed by atoms with Crippen LogP contribution in [0.15, 0.2) is 84.1 Å². The first-order valence-electron chi connectivity index (χ1n) is 19.3. The minimum absolute atomic E-state index is 0.249. The van der Waals surface area contributed by atoms with Crippen molar-refractivity contribution in [3.8, 4) is 16.9 Å². The number of hydrogen-bond acceptors (Lipinski definition) is 11. The molecule has 3 aromatic carbocycles. The van der Waals surface area contributed by atoms with Crippen molar-refractivity contribution in [3.05, 3.63) is 101 Å². The fourth-order valence-corrected chi connectivity index (χ4v) is 5.87. The van der Waals surface area contributed by atoms with Crippen LogP contribution in [0.1, 0.15) is 42.9 Å². The molecule has 0 saturated carbocycles. The van der Waals surface area contributed by atoms with E-state index in [1.807, 2.05) is 79.7 Å². The molecule has 0 fully saturated rings. The van der Waals surface area contributed by atoms with E-state index in [1.165, 1.54) is 0 Å². The number of pyridine rings is 1. The Hall–Kier alpha value is -5.77. The summed E-state index contributed by atoms with van der Waals surface area (Å²) in [4.78, 5) is 43.8. The Balaban J connectivity index is 1.18. The van der Waals surface area contributed by atoms with Crippen LogP contribution < -0.4 is 20.7 Å². The normalized spacial score (nSPS) is 11.4. The topological polar surface area (TPSA) is 215 Å². The van der Waals surface area contributed by atoms with Crippen molar-refractivity contribution in [2.75, 3.05) is 84.4 Å². The standard InChI is InChI=1S/C42H53N7O9/c1-31-15-17-45-39(28-31)44-16-5-4-8-40(50)46-30-41(51)48-37(29-42(52)53)33-11-9-32(10-12-33)34-13-14-38(36-7-3-2-6-35(34)36)58-27-26-57-25-24-56-23-22-55-21-20-54-19-18-47-49-43/h2-3,6-7,9-15,17,28,37H,4-5,8,16,18-27,29-30H2,1H3,(H,44,45)(H,46,50)(H,48,51)(H,52,53)/t37-/m0/s1. The molecular formula is C42H53N7O9. The van der Waals surface area contributed by atoms with Gasteiger partial charge in [0.1, 0.15) is 18.2 Å². The van der Waals surface area contributed by atoms with Gasteiger partial charge in [0.2, 0.25) is 11.8 Å². The summed E-state index contributed by atoms with van der Waals surface area (Å²) in [7, 11) is 0. The Kier molecular flexibility index (Phi) is 20.3. The molecule has 0 unspecified atom stereocenters. The van der Waals surface area contributed by atoms with Crippen molar-refractivity contribution >= 4 is 34.4 Å². The number of aryl methyl sites for hydroxylation is 1. The molecule has 310 valence electrons. The molecule has 4 rings (SSSR count). The number of benzene rings is 3. The largest absolute Gasteiger partial charge is 0.491 e. The van der Waals surface area contributed by atoms with Gasteiger partial charge in [-0.25, -0.2) is 4.98 Å². The minimum Gasteiger partial charge on any atom is -0.491 e. The number of aromatic nitrogens is 1. The lowest BCUT2D eigenvalue weighted by Crippen LogP contribution is -2.39. The molecule has 4 N–H and O–H groups in total. The van der Waals surface area contributed by atoms with Gasteiger partial charge in [0.15, 0.2) is 0 Å². The number of hydrogen-bond donors (Lipinski definition) is 4. The van der Waals surface area contributed by atoms with E-state index in [9.17, 15) is 19.5 Å². The maximum atomic E-state index is 12.8. The molecule has 4 aromatic rings. The Morgan fingerprint density at radius 2 is 1.48 bits per heavy atom. The summed E-state index contributed by atoms with van der Waals surface area (Å²) in [5.74, 6) is -0.273. The number of carboxylic acid groups (broad SMARTS) is 1. The number of amides is 2. The highest BCUT2D eigenvalue weighted by Crippen LogP contribution is 2.35. The van der Waals surface area contributed by atoms with Crippen LogP contribution in [0.25, 0.3) is 32.3 Å². The molecule has 0 aliphatic heterocycles. The summed E-state index contributed by atoms with van der Waals surface area (Å²) < 4.78 is 27.9. The van der Waals surface area contributed by atoms with Crippen LogP contribution in [-0.4, -0.2) is 107 Å². The Labute approximate surface area is 338 Å². The van der Waals surface area contributed by atoms with Gasteiger partial charge in [-0.05, 0) is 71.1 Å². The first kappa shape index (κ1) is 44.9. The molecule has 0 bridgehead atoms. The van der Waals surface area contributed by atoms with Gasteiger partial charge < -0.3 is 44.7 Å². The van der Waals surface area contributed by atoms with E-state index >= 15 is 0 Å². The van der Waals surface area contributed by atoms with Gasteiger partial charge in [0.05, 0.1) is 71.9 Å². The number of rotatable bonds is 29. The van der Waals surface area contributed by atoms with Crippen LogP contribution in [-0.2, 0) is 33.3 Å². The molecule has 58 heavy (non-hydrogen) atoms. The second-order valence-electron chi connectivity index (χ2n) is 13.1. The molecule has 0 spiro atoms. The predicted molar refractivity (Wildman–Crippen MR) is 220 cm³/mol. The van der Waals surface area contributed by atoms with Crippen molar-refractivity contribution < 1.29 is 43.2 Å². The van der Waals surface area contributed by atoms with E-state index in [2.05, 4.69) is 31.0 Å². The number of aliphatic carboxylic acids is 1. The molecule has 0 saturated heterocycles. The second-order valence-corrected chi connectivity index (χ2v) is 13.1. The number of carboxylic acids is 1. The van der Waals surface area contributed by atoms with Gasteiger partial charge in [-0.2, -0.15) is 0 Å². The molecule has 2 amide bonds. The van der Waals surface area contributed by atoms with Crippen molar-refractivity contribution in [1.29, 1.82) is 0 Å². The second kappa shape index (κ2) is 26.2. The molecule has 0 radical (unpaired) electrons. The van der Waals surface area contributed by atoms with Crippen LogP contribution in [0.3, 0.4) is 0 Å². The van der Waals surface area contributed by atoms with Gasteiger partial charge in [-0.1, -0.05) is 59.7 Å². The first-order chi connectivity index (χ1) is 28.3. The number of carbonyl (C=O) groups excluding carboxylic acids is 2. The van der Waals surface area contributed by atoms with E-state index in [0.29, 0.717) is 84.5 Å². The molecule has 16 nitrogen and oxygen atoms in total. The average molecular weight is 800 g/mol. The summed E-state index contributed by atoms with van der Waals surface area (Å²) in [5.41, 5.74) is 11.8. The summed E-state index contributed by atoms with van der Waals surface area (Å²) in [6, 6.07) is 22.3. The van der Waals surface area contributed by atoms with E-state index in [1.54, 1.807) is 6.20 Å². The van der Waals surface area contributed by atoms with Gasteiger partial charge >= 0.3 is 5.97 Å². The predicted octanol–water partition coefficient (Wildman–Crippen LogP) is 6.00. The summed E-state index contributed by atoms with van der Waals surface area (Å²) in [6.45, 7) is 6.41. The fraction of sp³-hybridized carbons (Fsp3) is 0.429. The maximum absolute atomic E-state index is 12.8. The van der Waals surface area contributed by atoms with Crippen molar-refractivity contribution in [3.63, 3.8) is 0 Å². The van der Waals surface area contributed by atoms with Crippen LogP contribution in [0, 0.1) is 6.92 Å². The highest BCUT2D eigenvalue weighted by molar-refractivity contribution is 6.00. The fourth-order valence-electron chi connectivity index (χ4n) is 5.87. The minimum atomic E-state index is -1.06. The smallest absolute Gasteiger partial charge is 0.305 e. The molecule has 1 aromatic heterocycles. The highest BCUT2D eigenvalue weighted by atomic mass is 16.6. The number of nitrogens with one attached hydrogen (secondary N) is 3. The first-order valence-corrected chi connectivity index (χ1v) is 19.3. The zero-order valence-electron chi connectivity index (χ0n) is 32.9. The van der Waals surface area contributed by atoms with Gasteiger partial charge in [0.25, 0.3) is 0 Å². The third-order valence-corrected chi connectivity index (χ3v) is 8.72. The lowest BCUT2D eigenvalue weighted by Gasteiger charge is -2.19. The van der Waals surface area contributed by atoms with Crippen LogP contribution in [0.4, 0.5) is 5.82 Å². The number of fused-ring (bicyclic) bond motifs is 1. The third kappa shape index (κ3) is 16.8. The quantitative estimate of drug-likeness (QED) is 0.0216. The average Bonchev–Trinajstić information content (AvgIpc) is 3.22. The molecule has 0 aliphatic carbocycles. The summed E-state index contributed by atoms with van der Waals surface area (Å²) >= 11 is 0. The van der Waals surface area contributed by atoms with Gasteiger partial charge in [-0.15, -0.1) is 0 Å². The number of anilines is 1. The zero-order chi connectivity index (χ0) is 41.2. The number of ether oxygens (including phenoxy) is 5. The van der Waals surface area contributed by atoms with E-state index in [-0.39, 0.29) is 25.3 Å². The lowest BCUT2D eigenvalue weighted by molar-refractivity contribution is -0.138. The van der Waals surface area contributed by atoms with E-state index in [4.69, 9.17) is 29.2 Å². The highest BCUT2D eigenvalue weighted by Gasteiger charge is 2.19. The van der Waals surface area contributed by atoms with E-state index in [0.717, 1.165) is 45.5 Å². The zero-order valence-corrected chi connectivity index (χ0v) is 32.9. The summed E-state index contributed by atoms with van der Waals surface area (Å²) in [5, 5.41) is 23.5. The molecule has 1 heterocycles. The van der Waals surface area contributed by atoms with Crippen molar-refractivity contribution in [1.82, 2.24) is 15.6 Å². The Morgan fingerprint density at radius 1 is 0.810 bits per heavy atom. The molecular weight excluding hydrogens is 747 g/mol.